The van der Waals surface area contributed by atoms with Gasteiger partial charge in [0, 0.05) is 0 Å². The smallest absolute Gasteiger partial charge is 0.268 e. The maximum Gasteiger partial charge on any atom is 0.268 e. The zero-order valence-corrected chi connectivity index (χ0v) is 9.65. The molecule has 0 atom stereocenters. The summed E-state index contributed by atoms with van der Waals surface area (Å²) in [5, 5.41) is 0. The van der Waals surface area contributed by atoms with Crippen LogP contribution in [0.25, 0.3) is 6.08 Å². The summed E-state index contributed by atoms with van der Waals surface area (Å²) in [5.41, 5.74) is 2.84. The van der Waals surface area contributed by atoms with Crippen molar-refractivity contribution in [1.82, 2.24) is 0 Å². The summed E-state index contributed by atoms with van der Waals surface area (Å²) in [5.74, 6) is -0.368. The Kier molecular flexibility index (Phi) is 4.46. The Morgan fingerprint density at radius 1 is 1.38 bits per heavy atom. The summed E-state index contributed by atoms with van der Waals surface area (Å²) in [4.78, 5) is 0. The van der Waals surface area contributed by atoms with Crippen molar-refractivity contribution in [2.75, 3.05) is 5.75 Å². The monoisotopic (exact) mass is 238 g/mol. The highest BCUT2D eigenvalue weighted by Gasteiger charge is 2.00. The molecule has 0 saturated heterocycles. The Morgan fingerprint density at radius 3 is 2.56 bits per heavy atom. The second-order valence-corrected chi connectivity index (χ2v) is 4.84. The third-order valence-corrected chi connectivity index (χ3v) is 2.68. The van der Waals surface area contributed by atoms with Gasteiger partial charge in [0.15, 0.2) is 0 Å². The van der Waals surface area contributed by atoms with Crippen LogP contribution in [0, 0.1) is 0 Å². The van der Waals surface area contributed by atoms with Crippen molar-refractivity contribution in [1.29, 1.82) is 0 Å². The van der Waals surface area contributed by atoms with Gasteiger partial charge in [-0.15, -0.1) is 6.58 Å². The first-order valence-electron chi connectivity index (χ1n) is 4.83. The summed E-state index contributed by atoms with van der Waals surface area (Å²) in [6, 6.07) is 8.49. The average molecular weight is 238 g/mol. The van der Waals surface area contributed by atoms with E-state index in [2.05, 4.69) is 43.0 Å². The fourth-order valence-corrected chi connectivity index (χ4v) is 1.64. The van der Waals surface area contributed by atoms with Crippen LogP contribution < -0.4 is 0 Å². The van der Waals surface area contributed by atoms with Crippen LogP contribution in [0.3, 0.4) is 0 Å². The van der Waals surface area contributed by atoms with E-state index in [0.29, 0.717) is 0 Å². The van der Waals surface area contributed by atoms with Crippen molar-refractivity contribution >= 4 is 16.2 Å². The summed E-state index contributed by atoms with van der Waals surface area (Å²) < 4.78 is 27.3. The highest BCUT2D eigenvalue weighted by atomic mass is 32.2. The van der Waals surface area contributed by atoms with Gasteiger partial charge < -0.3 is 0 Å². The lowest BCUT2D eigenvalue weighted by molar-refractivity contribution is 0.487. The summed E-state index contributed by atoms with van der Waals surface area (Å²) in [6.07, 6.45) is 6.62. The van der Waals surface area contributed by atoms with Crippen LogP contribution in [0.5, 0.6) is 0 Å². The Balaban J connectivity index is 0.000000168. The fourth-order valence-electron chi connectivity index (χ4n) is 1.34. The van der Waals surface area contributed by atoms with Crippen molar-refractivity contribution < 1.29 is 13.0 Å². The molecule has 0 radical (unpaired) electrons. The molecule has 1 aliphatic rings. The molecule has 0 fully saturated rings. The molecule has 4 heteroatoms. The lowest BCUT2D eigenvalue weighted by Gasteiger charge is -1.93. The Labute approximate surface area is 95.9 Å². The predicted octanol–water partition coefficient (Wildman–Crippen LogP) is 2.32. The van der Waals surface area contributed by atoms with E-state index >= 15 is 0 Å². The highest BCUT2D eigenvalue weighted by molar-refractivity contribution is 7.85. The number of hydrogen-bond acceptors (Lipinski definition) is 2. The van der Waals surface area contributed by atoms with Crippen molar-refractivity contribution in [3.05, 3.63) is 54.1 Å². The highest BCUT2D eigenvalue weighted by Crippen LogP contribution is 2.17. The first-order chi connectivity index (χ1) is 7.53. The summed E-state index contributed by atoms with van der Waals surface area (Å²) >= 11 is 0. The SMILES string of the molecule is C1=Cc2ccccc2C1.C=CCS(=O)(=O)O. The van der Waals surface area contributed by atoms with E-state index in [4.69, 9.17) is 4.55 Å². The van der Waals surface area contributed by atoms with Gasteiger partial charge in [0.2, 0.25) is 0 Å². The van der Waals surface area contributed by atoms with Gasteiger partial charge in [-0.3, -0.25) is 4.55 Å². The zero-order chi connectivity index (χ0) is 12.0. The van der Waals surface area contributed by atoms with E-state index in [0.717, 1.165) is 12.5 Å². The van der Waals surface area contributed by atoms with Gasteiger partial charge in [0.1, 0.15) is 0 Å². The molecule has 1 aliphatic carbocycles. The number of rotatable bonds is 2. The van der Waals surface area contributed by atoms with E-state index in [1.807, 2.05) is 0 Å². The van der Waals surface area contributed by atoms with E-state index in [1.165, 1.54) is 11.1 Å². The molecule has 86 valence electrons. The molecule has 0 spiro atoms. The van der Waals surface area contributed by atoms with Gasteiger partial charge in [-0.1, -0.05) is 42.5 Å². The number of hydrogen-bond donors (Lipinski definition) is 1. The number of allylic oxidation sites excluding steroid dienone is 1. The van der Waals surface area contributed by atoms with E-state index in [-0.39, 0.29) is 5.75 Å². The number of benzene rings is 1. The quantitative estimate of drug-likeness (QED) is 0.635. The molecule has 0 amide bonds. The average Bonchev–Trinajstić information content (AvgIpc) is 2.64. The van der Waals surface area contributed by atoms with Crippen molar-refractivity contribution in [2.24, 2.45) is 0 Å². The minimum atomic E-state index is -3.79. The van der Waals surface area contributed by atoms with Gasteiger partial charge in [0.05, 0.1) is 5.75 Å². The van der Waals surface area contributed by atoms with Crippen molar-refractivity contribution in [2.45, 2.75) is 6.42 Å². The molecule has 1 aromatic carbocycles. The van der Waals surface area contributed by atoms with Crippen molar-refractivity contribution in [3.63, 3.8) is 0 Å². The molecule has 0 bridgehead atoms. The molecule has 0 heterocycles. The number of fused-ring (bicyclic) bond motifs is 1. The van der Waals surface area contributed by atoms with Gasteiger partial charge in [-0.05, 0) is 17.5 Å². The van der Waals surface area contributed by atoms with Crippen molar-refractivity contribution in [3.8, 4) is 0 Å². The molecule has 3 nitrogen and oxygen atoms in total. The van der Waals surface area contributed by atoms with Crippen LogP contribution in [0.15, 0.2) is 43.0 Å². The molecule has 0 aromatic heterocycles. The Bertz CT molecular complexity index is 487. The van der Waals surface area contributed by atoms with Crippen LogP contribution in [0.1, 0.15) is 11.1 Å². The van der Waals surface area contributed by atoms with Gasteiger partial charge >= 0.3 is 0 Å². The molecular formula is C12H14O3S. The first-order valence-corrected chi connectivity index (χ1v) is 6.44. The summed E-state index contributed by atoms with van der Waals surface area (Å²) in [6.45, 7) is 3.11. The minimum Gasteiger partial charge on any atom is -0.285 e. The molecule has 16 heavy (non-hydrogen) atoms. The molecule has 0 unspecified atom stereocenters. The maximum absolute atomic E-state index is 9.72. The van der Waals surface area contributed by atoms with Crippen LogP contribution in [-0.2, 0) is 16.5 Å². The van der Waals surface area contributed by atoms with Crippen LogP contribution in [0.2, 0.25) is 0 Å². The van der Waals surface area contributed by atoms with E-state index in [9.17, 15) is 8.42 Å². The van der Waals surface area contributed by atoms with E-state index in [1.54, 1.807) is 0 Å². The first kappa shape index (κ1) is 12.7. The third-order valence-electron chi connectivity index (χ3n) is 2.02. The predicted molar refractivity (Wildman–Crippen MR) is 65.8 cm³/mol. The fraction of sp³-hybridized carbons (Fsp3) is 0.167. The topological polar surface area (TPSA) is 54.4 Å². The maximum atomic E-state index is 9.72. The Morgan fingerprint density at radius 2 is 2.06 bits per heavy atom. The third kappa shape index (κ3) is 4.42. The second-order valence-electron chi connectivity index (χ2n) is 3.34. The molecule has 1 aromatic rings. The molecule has 1 N–H and O–H groups in total. The van der Waals surface area contributed by atoms with Gasteiger partial charge in [0.25, 0.3) is 10.1 Å². The second kappa shape index (κ2) is 5.63. The van der Waals surface area contributed by atoms with E-state index < -0.39 is 10.1 Å². The van der Waals surface area contributed by atoms with Crippen LogP contribution >= 0.6 is 0 Å². The van der Waals surface area contributed by atoms with Gasteiger partial charge in [-0.25, -0.2) is 0 Å². The lowest BCUT2D eigenvalue weighted by atomic mass is 10.1. The largest absolute Gasteiger partial charge is 0.285 e. The zero-order valence-electron chi connectivity index (χ0n) is 8.83. The minimum absolute atomic E-state index is 0.368. The molecule has 0 aliphatic heterocycles. The lowest BCUT2D eigenvalue weighted by Crippen LogP contribution is -1.99. The van der Waals surface area contributed by atoms with Crippen LogP contribution in [0.4, 0.5) is 0 Å². The molecule has 2 rings (SSSR count). The molecular weight excluding hydrogens is 224 g/mol. The normalized spacial score (nSPS) is 12.6. The van der Waals surface area contributed by atoms with Crippen LogP contribution in [-0.4, -0.2) is 18.7 Å². The van der Waals surface area contributed by atoms with Gasteiger partial charge in [-0.2, -0.15) is 8.42 Å². The molecule has 0 saturated carbocycles. The summed E-state index contributed by atoms with van der Waals surface area (Å²) in [7, 11) is -3.79. The standard InChI is InChI=1S/C9H8.C3H6O3S/c1-2-5-9-7-3-6-8(9)4-1;1-2-3-7(4,5)6/h1-6H,7H2;2H,1,3H2,(H,4,5,6). The Hall–Kier alpha value is -1.39.